The molecule has 0 N–H and O–H groups in total. The van der Waals surface area contributed by atoms with Crippen LogP contribution < -0.4 is 0 Å². The third kappa shape index (κ3) is 5.07. The first-order valence-electron chi connectivity index (χ1n) is 11.1. The number of nitrogens with zero attached hydrogens (tertiary/aromatic N) is 3. The number of carbonyl (C=O) groups excluding carboxylic acids is 2. The van der Waals surface area contributed by atoms with Crippen molar-refractivity contribution in [2.24, 2.45) is 5.92 Å². The van der Waals surface area contributed by atoms with Crippen molar-refractivity contribution in [1.82, 2.24) is 14.8 Å². The van der Waals surface area contributed by atoms with Gasteiger partial charge in [-0.2, -0.15) is 0 Å². The van der Waals surface area contributed by atoms with Crippen molar-refractivity contribution in [3.63, 3.8) is 0 Å². The number of benzene rings is 1. The Hall–Kier alpha value is -2.69. The lowest BCUT2D eigenvalue weighted by atomic mass is 9.90. The van der Waals surface area contributed by atoms with Gasteiger partial charge < -0.3 is 9.80 Å². The highest BCUT2D eigenvalue weighted by Gasteiger charge is 2.33. The van der Waals surface area contributed by atoms with Gasteiger partial charge in [-0.15, -0.1) is 0 Å². The lowest BCUT2D eigenvalue weighted by Crippen LogP contribution is -2.37. The first kappa shape index (κ1) is 20.6. The molecule has 2 amide bonds. The smallest absolute Gasteiger partial charge is 0.255 e. The molecule has 2 aromatic rings. The van der Waals surface area contributed by atoms with Crippen LogP contribution in [0, 0.1) is 12.8 Å². The van der Waals surface area contributed by atoms with Crippen LogP contribution in [0.1, 0.15) is 59.8 Å². The summed E-state index contributed by atoms with van der Waals surface area (Å²) in [5.41, 5.74) is 4.10. The molecule has 5 nitrogen and oxygen atoms in total. The minimum absolute atomic E-state index is 0.0753. The largest absolute Gasteiger partial charge is 0.343 e. The number of pyridine rings is 1. The number of hydrogen-bond donors (Lipinski definition) is 0. The summed E-state index contributed by atoms with van der Waals surface area (Å²) in [4.78, 5) is 32.7. The minimum Gasteiger partial charge on any atom is -0.343 e. The van der Waals surface area contributed by atoms with Gasteiger partial charge in [-0.1, -0.05) is 24.3 Å². The Morgan fingerprint density at radius 2 is 1.67 bits per heavy atom. The molecule has 5 heteroatoms. The van der Waals surface area contributed by atoms with Crippen molar-refractivity contribution in [2.45, 2.75) is 58.5 Å². The van der Waals surface area contributed by atoms with E-state index in [0.29, 0.717) is 24.1 Å². The van der Waals surface area contributed by atoms with Gasteiger partial charge in [-0.25, -0.2) is 0 Å². The molecule has 1 saturated carbocycles. The van der Waals surface area contributed by atoms with E-state index in [4.69, 9.17) is 0 Å². The topological polar surface area (TPSA) is 53.5 Å². The van der Waals surface area contributed by atoms with Gasteiger partial charge in [-0.3, -0.25) is 14.6 Å². The molecule has 1 aromatic heterocycles. The Morgan fingerprint density at radius 3 is 2.23 bits per heavy atom. The van der Waals surface area contributed by atoms with Crippen molar-refractivity contribution in [2.75, 3.05) is 13.1 Å². The van der Waals surface area contributed by atoms with E-state index in [-0.39, 0.29) is 11.8 Å². The van der Waals surface area contributed by atoms with Crippen LogP contribution in [0.15, 0.2) is 42.6 Å². The second-order valence-electron chi connectivity index (χ2n) is 8.82. The summed E-state index contributed by atoms with van der Waals surface area (Å²) < 4.78 is 0. The zero-order valence-corrected chi connectivity index (χ0v) is 18.0. The summed E-state index contributed by atoms with van der Waals surface area (Å²) in [6, 6.07) is 12.9. The molecule has 1 saturated heterocycles. The highest BCUT2D eigenvalue weighted by Crippen LogP contribution is 2.30. The molecule has 0 unspecified atom stereocenters. The molecule has 1 aliphatic heterocycles. The Kier molecular flexibility index (Phi) is 6.16. The number of aryl methyl sites for hydroxylation is 1. The van der Waals surface area contributed by atoms with E-state index in [1.54, 1.807) is 13.1 Å². The average Bonchev–Trinajstić information content (AvgIpc) is 3.59. The summed E-state index contributed by atoms with van der Waals surface area (Å²) in [7, 11) is 0. The van der Waals surface area contributed by atoms with Crippen molar-refractivity contribution in [1.29, 1.82) is 0 Å². The van der Waals surface area contributed by atoms with Gasteiger partial charge >= 0.3 is 0 Å². The van der Waals surface area contributed by atoms with E-state index < -0.39 is 0 Å². The minimum atomic E-state index is 0.0753. The quantitative estimate of drug-likeness (QED) is 0.730. The molecular weight excluding hydrogens is 374 g/mol. The van der Waals surface area contributed by atoms with Gasteiger partial charge in [0.05, 0.1) is 5.56 Å². The van der Waals surface area contributed by atoms with Gasteiger partial charge in [-0.05, 0) is 68.2 Å². The predicted octanol–water partition coefficient (Wildman–Crippen LogP) is 4.00. The van der Waals surface area contributed by atoms with E-state index in [1.807, 2.05) is 28.9 Å². The SMILES string of the molecule is CC(=O)N1CCC(Cc2ccc(CN(C(=O)c3ccc(C)nc3)C3CC3)cc2)CC1. The molecule has 0 spiro atoms. The highest BCUT2D eigenvalue weighted by atomic mass is 16.2. The molecule has 2 heterocycles. The van der Waals surface area contributed by atoms with Crippen molar-refractivity contribution < 1.29 is 9.59 Å². The third-order valence-corrected chi connectivity index (χ3v) is 6.37. The van der Waals surface area contributed by atoms with Crippen LogP contribution in [0.5, 0.6) is 0 Å². The summed E-state index contributed by atoms with van der Waals surface area (Å²) in [6.07, 6.45) is 7.08. The van der Waals surface area contributed by atoms with Crippen molar-refractivity contribution in [3.8, 4) is 0 Å². The van der Waals surface area contributed by atoms with Crippen LogP contribution in [-0.4, -0.2) is 45.7 Å². The summed E-state index contributed by atoms with van der Waals surface area (Å²) in [5.74, 6) is 0.908. The fourth-order valence-corrected chi connectivity index (χ4v) is 4.28. The van der Waals surface area contributed by atoms with Gasteiger partial charge in [0.2, 0.25) is 5.91 Å². The molecule has 158 valence electrons. The van der Waals surface area contributed by atoms with E-state index >= 15 is 0 Å². The average molecular weight is 406 g/mol. The Labute approximate surface area is 179 Å². The fraction of sp³-hybridized carbons (Fsp3) is 0.480. The summed E-state index contributed by atoms with van der Waals surface area (Å²) >= 11 is 0. The number of aromatic nitrogens is 1. The Bertz CT molecular complexity index is 880. The second kappa shape index (κ2) is 8.99. The third-order valence-electron chi connectivity index (χ3n) is 6.37. The van der Waals surface area contributed by atoms with Gasteiger partial charge in [0.25, 0.3) is 5.91 Å². The van der Waals surface area contributed by atoms with Crippen LogP contribution in [0.4, 0.5) is 0 Å². The van der Waals surface area contributed by atoms with E-state index in [1.165, 1.54) is 11.1 Å². The molecule has 0 bridgehead atoms. The molecule has 30 heavy (non-hydrogen) atoms. The molecule has 1 aromatic carbocycles. The number of piperidine rings is 1. The van der Waals surface area contributed by atoms with Crippen LogP contribution in [0.3, 0.4) is 0 Å². The number of carbonyl (C=O) groups is 2. The van der Waals surface area contributed by atoms with E-state index in [2.05, 4.69) is 29.2 Å². The standard InChI is InChI=1S/C25H31N3O2/c1-18-3-8-23(16-26-18)25(30)28(24-9-10-24)17-22-6-4-20(5-7-22)15-21-11-13-27(14-12-21)19(2)29/h3-8,16,21,24H,9-15,17H2,1-2H3. The molecule has 4 rings (SSSR count). The zero-order chi connectivity index (χ0) is 21.1. The Morgan fingerprint density at radius 1 is 1.00 bits per heavy atom. The maximum atomic E-state index is 13.0. The predicted molar refractivity (Wildman–Crippen MR) is 117 cm³/mol. The maximum Gasteiger partial charge on any atom is 0.255 e. The van der Waals surface area contributed by atoms with Crippen molar-refractivity contribution in [3.05, 3.63) is 65.0 Å². The monoisotopic (exact) mass is 405 g/mol. The number of likely N-dealkylation sites (tertiary alicyclic amines) is 1. The number of rotatable bonds is 6. The molecule has 0 atom stereocenters. The van der Waals surface area contributed by atoms with E-state index in [0.717, 1.165) is 50.9 Å². The summed E-state index contributed by atoms with van der Waals surface area (Å²) in [5, 5.41) is 0. The molecule has 1 aliphatic carbocycles. The molecule has 0 radical (unpaired) electrons. The Balaban J connectivity index is 1.35. The van der Waals surface area contributed by atoms with Crippen molar-refractivity contribution >= 4 is 11.8 Å². The lowest BCUT2D eigenvalue weighted by Gasteiger charge is -2.31. The molecule has 2 aliphatic rings. The van der Waals surface area contributed by atoms with Gasteiger partial charge in [0.1, 0.15) is 0 Å². The van der Waals surface area contributed by atoms with Crippen LogP contribution >= 0.6 is 0 Å². The van der Waals surface area contributed by atoms with Gasteiger partial charge in [0.15, 0.2) is 0 Å². The molecule has 2 fully saturated rings. The van der Waals surface area contributed by atoms with Crippen LogP contribution in [-0.2, 0) is 17.8 Å². The first-order chi connectivity index (χ1) is 14.5. The highest BCUT2D eigenvalue weighted by molar-refractivity contribution is 5.94. The number of hydrogen-bond acceptors (Lipinski definition) is 3. The lowest BCUT2D eigenvalue weighted by molar-refractivity contribution is -0.130. The fourth-order valence-electron chi connectivity index (χ4n) is 4.28. The molecular formula is C25H31N3O2. The maximum absolute atomic E-state index is 13.0. The van der Waals surface area contributed by atoms with Gasteiger partial charge in [0, 0.05) is 44.5 Å². The van der Waals surface area contributed by atoms with Crippen LogP contribution in [0.2, 0.25) is 0 Å². The number of amides is 2. The zero-order valence-electron chi connectivity index (χ0n) is 18.0. The second-order valence-corrected chi connectivity index (χ2v) is 8.82. The first-order valence-corrected chi connectivity index (χ1v) is 11.1. The normalized spacial score (nSPS) is 17.1. The van der Waals surface area contributed by atoms with Crippen LogP contribution in [0.25, 0.3) is 0 Å². The summed E-state index contributed by atoms with van der Waals surface area (Å²) in [6.45, 7) is 5.99. The van der Waals surface area contributed by atoms with E-state index in [9.17, 15) is 9.59 Å².